The van der Waals surface area contributed by atoms with Crippen molar-refractivity contribution >= 4 is 5.78 Å². The molecule has 4 nitrogen and oxygen atoms in total. The summed E-state index contributed by atoms with van der Waals surface area (Å²) in [6, 6.07) is 0. The Bertz CT molecular complexity index is 322. The minimum atomic E-state index is 0. The van der Waals surface area contributed by atoms with Crippen LogP contribution in [-0.2, 0) is 13.1 Å². The quantitative estimate of drug-likeness (QED) is 0.693. The van der Waals surface area contributed by atoms with E-state index in [0.717, 1.165) is 25.3 Å². The van der Waals surface area contributed by atoms with Crippen molar-refractivity contribution in [1.29, 1.82) is 0 Å². The first-order chi connectivity index (χ1) is 6.79. The molecule has 0 radical (unpaired) electrons. The van der Waals surface area contributed by atoms with E-state index in [1.54, 1.807) is 13.3 Å². The van der Waals surface area contributed by atoms with E-state index in [1.165, 1.54) is 0 Å². The maximum Gasteiger partial charge on any atom is 0.180 e. The van der Waals surface area contributed by atoms with E-state index < -0.39 is 0 Å². The smallest absolute Gasteiger partial charge is 0.180 e. The number of rotatable bonds is 1. The van der Waals surface area contributed by atoms with Crippen LogP contribution in [0.1, 0.15) is 38.4 Å². The second-order valence-electron chi connectivity index (χ2n) is 2.97. The maximum atomic E-state index is 11.1. The third kappa shape index (κ3) is 2.01. The second kappa shape index (κ2) is 4.91. The van der Waals surface area contributed by atoms with Crippen molar-refractivity contribution < 1.29 is 6.22 Å². The molecule has 0 unspecified atom stereocenters. The number of nitrogens with one attached hydrogen (secondary N) is 1. The van der Waals surface area contributed by atoms with Crippen molar-refractivity contribution in [3.8, 4) is 0 Å². The first kappa shape index (κ1) is 10.9. The van der Waals surface area contributed by atoms with Gasteiger partial charge in [0, 0.05) is 28.0 Å². The van der Waals surface area contributed by atoms with Crippen molar-refractivity contribution in [3.63, 3.8) is 0 Å². The first-order valence-electron chi connectivity index (χ1n) is 5.04. The van der Waals surface area contributed by atoms with Crippen LogP contribution in [0.3, 0.4) is 0 Å². The lowest BCUT2D eigenvalue weighted by molar-refractivity contribution is 0.101. The van der Waals surface area contributed by atoms with E-state index in [2.05, 4.69) is 10.3 Å². The molecule has 14 heavy (non-hydrogen) atoms. The molecule has 1 aromatic heterocycles. The molecule has 0 amide bonds. The number of ketones is 1. The number of nitrogens with zero attached hydrogens (tertiary/aromatic N) is 2. The number of carbonyl (C=O) groups is 1. The summed E-state index contributed by atoms with van der Waals surface area (Å²) in [6.45, 7) is 8.18. The number of fused-ring (bicyclic) bond motifs is 1. The molecule has 1 N–H and O–H groups in total. The Hall–Kier alpha value is -1.16. The molecule has 0 fully saturated rings. The van der Waals surface area contributed by atoms with Gasteiger partial charge in [-0.3, -0.25) is 4.79 Å². The van der Waals surface area contributed by atoms with E-state index in [1.807, 2.05) is 18.4 Å². The summed E-state index contributed by atoms with van der Waals surface area (Å²) < 4.78 is 2.03. The fourth-order valence-electron chi connectivity index (χ4n) is 1.49. The summed E-state index contributed by atoms with van der Waals surface area (Å²) in [4.78, 5) is 15.1. The van der Waals surface area contributed by atoms with Gasteiger partial charge in [0.1, 0.15) is 5.69 Å². The van der Waals surface area contributed by atoms with E-state index in [9.17, 15) is 4.79 Å². The van der Waals surface area contributed by atoms with Crippen LogP contribution in [0.15, 0.2) is 6.33 Å². The standard InChI is InChI=1S/C8H11N3O.C2H6.H2/c1-6(12)8-7-4-9-2-3-11(7)5-10-8;1-2;/h5,9H,2-4H2,1H3;1-2H3;1H. The molecular formula is C10H19N3O. The Morgan fingerprint density at radius 2 is 2.36 bits per heavy atom. The molecule has 0 bridgehead atoms. The Balaban J connectivity index is 0.000000617. The third-order valence-electron chi connectivity index (χ3n) is 2.10. The van der Waals surface area contributed by atoms with Crippen molar-refractivity contribution in [1.82, 2.24) is 14.9 Å². The van der Waals surface area contributed by atoms with Gasteiger partial charge in [0.25, 0.3) is 0 Å². The molecule has 0 saturated heterocycles. The zero-order chi connectivity index (χ0) is 10.6. The zero-order valence-corrected chi connectivity index (χ0v) is 9.00. The van der Waals surface area contributed by atoms with Gasteiger partial charge < -0.3 is 9.88 Å². The lowest BCUT2D eigenvalue weighted by Crippen LogP contribution is -2.28. The number of aromatic nitrogens is 2. The number of hydrogen-bond acceptors (Lipinski definition) is 3. The highest BCUT2D eigenvalue weighted by molar-refractivity contribution is 5.93. The van der Waals surface area contributed by atoms with Crippen molar-refractivity contribution in [2.75, 3.05) is 6.54 Å². The van der Waals surface area contributed by atoms with Gasteiger partial charge in [-0.05, 0) is 0 Å². The molecule has 0 atom stereocenters. The van der Waals surface area contributed by atoms with Gasteiger partial charge in [0.05, 0.1) is 12.0 Å². The van der Waals surface area contributed by atoms with Crippen LogP contribution < -0.4 is 5.32 Å². The Labute approximate surface area is 85.8 Å². The summed E-state index contributed by atoms with van der Waals surface area (Å²) in [6.07, 6.45) is 1.74. The van der Waals surface area contributed by atoms with Gasteiger partial charge in [0.15, 0.2) is 5.78 Å². The van der Waals surface area contributed by atoms with Crippen molar-refractivity contribution in [2.24, 2.45) is 0 Å². The van der Waals surface area contributed by atoms with Crippen molar-refractivity contribution in [3.05, 3.63) is 17.7 Å². The zero-order valence-electron chi connectivity index (χ0n) is 9.00. The van der Waals surface area contributed by atoms with Gasteiger partial charge in [0.2, 0.25) is 0 Å². The van der Waals surface area contributed by atoms with Gasteiger partial charge in [-0.25, -0.2) is 4.98 Å². The fourth-order valence-corrected chi connectivity index (χ4v) is 1.49. The maximum absolute atomic E-state index is 11.1. The lowest BCUT2D eigenvalue weighted by Gasteiger charge is -2.15. The average Bonchev–Trinajstić information content (AvgIpc) is 2.64. The Morgan fingerprint density at radius 3 is 3.00 bits per heavy atom. The Morgan fingerprint density at radius 1 is 1.64 bits per heavy atom. The topological polar surface area (TPSA) is 46.9 Å². The number of carbonyl (C=O) groups excluding carboxylic acids is 1. The molecule has 0 spiro atoms. The normalized spacial score (nSPS) is 13.9. The monoisotopic (exact) mass is 197 g/mol. The molecule has 0 aliphatic carbocycles. The van der Waals surface area contributed by atoms with E-state index in [4.69, 9.17) is 0 Å². The van der Waals surface area contributed by atoms with Crippen LogP contribution in [0.4, 0.5) is 0 Å². The van der Waals surface area contributed by atoms with Gasteiger partial charge in [-0.1, -0.05) is 13.8 Å². The molecule has 0 aromatic carbocycles. The van der Waals surface area contributed by atoms with Crippen LogP contribution in [-0.4, -0.2) is 21.9 Å². The van der Waals surface area contributed by atoms with Crippen LogP contribution in [0.2, 0.25) is 0 Å². The summed E-state index contributed by atoms with van der Waals surface area (Å²) in [5.41, 5.74) is 1.64. The second-order valence-corrected chi connectivity index (χ2v) is 2.97. The fraction of sp³-hybridized carbons (Fsp3) is 0.600. The highest BCUT2D eigenvalue weighted by Crippen LogP contribution is 2.10. The predicted molar refractivity (Wildman–Crippen MR) is 57.4 cm³/mol. The minimum Gasteiger partial charge on any atom is -0.332 e. The molecule has 2 heterocycles. The summed E-state index contributed by atoms with van der Waals surface area (Å²) in [7, 11) is 0. The van der Waals surface area contributed by atoms with Crippen molar-refractivity contribution in [2.45, 2.75) is 33.9 Å². The van der Waals surface area contributed by atoms with Crippen LogP contribution in [0, 0.1) is 0 Å². The molecule has 1 aliphatic heterocycles. The van der Waals surface area contributed by atoms with Gasteiger partial charge in [-0.2, -0.15) is 0 Å². The first-order valence-corrected chi connectivity index (χ1v) is 5.04. The number of Topliss-reactive ketones (excluding diaryl/α,β-unsaturated/α-hetero) is 1. The molecule has 80 valence electrons. The molecule has 0 saturated carbocycles. The van der Waals surface area contributed by atoms with E-state index in [0.29, 0.717) is 5.69 Å². The molecule has 1 aromatic rings. The minimum absolute atomic E-state index is 0. The predicted octanol–water partition coefficient (Wildman–Crippen LogP) is 1.46. The summed E-state index contributed by atoms with van der Waals surface area (Å²) >= 11 is 0. The molecule has 2 rings (SSSR count). The number of imidazole rings is 1. The average molecular weight is 197 g/mol. The van der Waals surface area contributed by atoms with Crippen LogP contribution in [0.25, 0.3) is 0 Å². The third-order valence-corrected chi connectivity index (χ3v) is 2.10. The lowest BCUT2D eigenvalue weighted by atomic mass is 10.2. The van der Waals surface area contributed by atoms with Crippen LogP contribution in [0.5, 0.6) is 0 Å². The van der Waals surface area contributed by atoms with E-state index >= 15 is 0 Å². The molecular weight excluding hydrogens is 178 g/mol. The highest BCUT2D eigenvalue weighted by Gasteiger charge is 2.16. The van der Waals surface area contributed by atoms with Crippen LogP contribution >= 0.6 is 0 Å². The van der Waals surface area contributed by atoms with Gasteiger partial charge >= 0.3 is 0 Å². The van der Waals surface area contributed by atoms with Gasteiger partial charge in [-0.15, -0.1) is 0 Å². The Kier molecular flexibility index (Phi) is 3.83. The van der Waals surface area contributed by atoms with E-state index in [-0.39, 0.29) is 7.21 Å². The summed E-state index contributed by atoms with van der Waals surface area (Å²) in [5.74, 6) is 0.0486. The number of hydrogen-bond donors (Lipinski definition) is 1. The summed E-state index contributed by atoms with van der Waals surface area (Å²) in [5, 5.41) is 3.21. The SMILES string of the molecule is CC.CC(=O)c1ncn2c1CNCC2.[HH]. The highest BCUT2D eigenvalue weighted by atomic mass is 16.1. The molecule has 4 heteroatoms. The molecule has 1 aliphatic rings. The largest absolute Gasteiger partial charge is 0.332 e.